The molecule has 2 aliphatic heterocycles. The van der Waals surface area contributed by atoms with Crippen LogP contribution in [-0.2, 0) is 24.3 Å². The Labute approximate surface area is 213 Å². The highest BCUT2D eigenvalue weighted by molar-refractivity contribution is 14.0. The summed E-state index contributed by atoms with van der Waals surface area (Å²) in [7, 11) is 0. The van der Waals surface area contributed by atoms with Crippen molar-refractivity contribution in [2.24, 2.45) is 10.9 Å². The largest absolute Gasteiger partial charge is 0.357 e. The fourth-order valence-corrected chi connectivity index (χ4v) is 5.20. The average Bonchev–Trinajstić information content (AvgIpc) is 3.41. The van der Waals surface area contributed by atoms with E-state index in [1.807, 2.05) is 9.47 Å². The molecule has 9 nitrogen and oxygen atoms in total. The molecule has 186 valence electrons. The zero-order chi connectivity index (χ0) is 22.3. The first-order valence-electron chi connectivity index (χ1n) is 12.7. The summed E-state index contributed by atoms with van der Waals surface area (Å²) in [6.45, 7) is 6.45. The molecule has 1 amide bonds. The highest BCUT2D eigenvalue weighted by Crippen LogP contribution is 2.26. The molecule has 2 N–H and O–H groups in total. The van der Waals surface area contributed by atoms with Crippen molar-refractivity contribution in [2.45, 2.75) is 90.3 Å². The van der Waals surface area contributed by atoms with Crippen LogP contribution >= 0.6 is 24.0 Å². The number of hydrogen-bond acceptors (Lipinski definition) is 4. The van der Waals surface area contributed by atoms with Gasteiger partial charge in [0, 0.05) is 57.6 Å². The minimum atomic E-state index is 0. The van der Waals surface area contributed by atoms with Crippen LogP contribution in [0, 0.1) is 5.92 Å². The van der Waals surface area contributed by atoms with Crippen LogP contribution in [-0.4, -0.2) is 63.3 Å². The number of fused-ring (bicyclic) bond motifs is 1. The number of rotatable bonds is 7. The Kier molecular flexibility index (Phi) is 10.1. The molecular formula is C23H40IN7O2. The lowest BCUT2D eigenvalue weighted by molar-refractivity contribution is -0.135. The van der Waals surface area contributed by atoms with Crippen LogP contribution in [0.5, 0.6) is 0 Å². The second-order valence-corrected chi connectivity index (χ2v) is 9.39. The van der Waals surface area contributed by atoms with Crippen molar-refractivity contribution >= 4 is 35.8 Å². The van der Waals surface area contributed by atoms with Crippen LogP contribution < -0.4 is 16.3 Å². The number of carbonyl (C=O) groups is 1. The lowest BCUT2D eigenvalue weighted by Crippen LogP contribution is -2.45. The highest BCUT2D eigenvalue weighted by Gasteiger charge is 2.31. The second-order valence-electron chi connectivity index (χ2n) is 9.39. The maximum absolute atomic E-state index is 12.8. The molecule has 1 aromatic rings. The van der Waals surface area contributed by atoms with Gasteiger partial charge in [0.05, 0.1) is 0 Å². The number of carbonyl (C=O) groups excluding carboxylic acids is 1. The maximum atomic E-state index is 12.8. The molecular weight excluding hydrogens is 533 g/mol. The molecule has 1 atom stereocenters. The molecule has 33 heavy (non-hydrogen) atoms. The number of aliphatic imine (C=N–C) groups is 1. The van der Waals surface area contributed by atoms with Gasteiger partial charge in [0.15, 0.2) is 5.96 Å². The fourth-order valence-electron chi connectivity index (χ4n) is 5.20. The highest BCUT2D eigenvalue weighted by atomic mass is 127. The van der Waals surface area contributed by atoms with Crippen molar-refractivity contribution in [3.63, 3.8) is 0 Å². The Balaban J connectivity index is 0.00000306. The van der Waals surface area contributed by atoms with E-state index in [4.69, 9.17) is 4.99 Å². The van der Waals surface area contributed by atoms with Gasteiger partial charge in [-0.25, -0.2) is 9.48 Å². The molecule has 1 saturated heterocycles. The predicted molar refractivity (Wildman–Crippen MR) is 140 cm³/mol. The molecule has 1 unspecified atom stereocenters. The third-order valence-corrected chi connectivity index (χ3v) is 6.97. The van der Waals surface area contributed by atoms with Crippen LogP contribution in [0.3, 0.4) is 0 Å². The van der Waals surface area contributed by atoms with E-state index in [0.717, 1.165) is 82.9 Å². The molecule has 10 heteroatoms. The molecule has 3 aliphatic rings. The van der Waals surface area contributed by atoms with E-state index in [2.05, 4.69) is 22.7 Å². The van der Waals surface area contributed by atoms with Crippen molar-refractivity contribution in [1.29, 1.82) is 0 Å². The number of likely N-dealkylation sites (tertiary alicyclic amines) is 1. The van der Waals surface area contributed by atoms with Gasteiger partial charge >= 0.3 is 5.69 Å². The summed E-state index contributed by atoms with van der Waals surface area (Å²) in [6.07, 6.45) is 10.6. The summed E-state index contributed by atoms with van der Waals surface area (Å²) >= 11 is 0. The summed E-state index contributed by atoms with van der Waals surface area (Å²) in [5.74, 6) is 2.31. The lowest BCUT2D eigenvalue weighted by Gasteiger charge is -2.26. The van der Waals surface area contributed by atoms with Crippen molar-refractivity contribution in [3.8, 4) is 0 Å². The van der Waals surface area contributed by atoms with E-state index in [0.29, 0.717) is 19.0 Å². The molecule has 0 bridgehead atoms. The van der Waals surface area contributed by atoms with Gasteiger partial charge in [0.2, 0.25) is 5.91 Å². The zero-order valence-electron chi connectivity index (χ0n) is 19.9. The van der Waals surface area contributed by atoms with E-state index < -0.39 is 0 Å². The van der Waals surface area contributed by atoms with E-state index in [1.54, 1.807) is 4.68 Å². The van der Waals surface area contributed by atoms with Crippen molar-refractivity contribution in [3.05, 3.63) is 16.3 Å². The van der Waals surface area contributed by atoms with Crippen LogP contribution in [0.25, 0.3) is 0 Å². The first kappa shape index (κ1) is 26.0. The zero-order valence-corrected chi connectivity index (χ0v) is 22.3. The van der Waals surface area contributed by atoms with Gasteiger partial charge in [-0.15, -0.1) is 24.0 Å². The number of aryl methyl sites for hydroxylation is 2. The average molecular weight is 574 g/mol. The monoisotopic (exact) mass is 573 g/mol. The summed E-state index contributed by atoms with van der Waals surface area (Å²) in [5.41, 5.74) is 0.0161. The Morgan fingerprint density at radius 1 is 1.12 bits per heavy atom. The fraction of sp³-hybridized carbons (Fsp3) is 0.826. The Morgan fingerprint density at radius 2 is 1.94 bits per heavy atom. The molecule has 1 aliphatic carbocycles. The van der Waals surface area contributed by atoms with Crippen LogP contribution in [0.2, 0.25) is 0 Å². The van der Waals surface area contributed by atoms with Crippen LogP contribution in [0.4, 0.5) is 0 Å². The van der Waals surface area contributed by atoms with E-state index >= 15 is 0 Å². The van der Waals surface area contributed by atoms with Crippen LogP contribution in [0.15, 0.2) is 9.79 Å². The maximum Gasteiger partial charge on any atom is 0.345 e. The number of amides is 1. The second kappa shape index (κ2) is 12.8. The number of guanidine groups is 1. The van der Waals surface area contributed by atoms with Gasteiger partial charge in [0.25, 0.3) is 0 Å². The number of nitrogens with zero attached hydrogens (tertiary/aromatic N) is 5. The Bertz CT molecular complexity index is 859. The first-order valence-corrected chi connectivity index (χ1v) is 12.7. The van der Waals surface area contributed by atoms with E-state index in [1.165, 1.54) is 19.3 Å². The summed E-state index contributed by atoms with van der Waals surface area (Å²) in [6, 6.07) is 0.239. The number of halogens is 1. The molecule has 1 saturated carbocycles. The number of nitrogens with one attached hydrogen (secondary N) is 2. The van der Waals surface area contributed by atoms with Gasteiger partial charge < -0.3 is 15.5 Å². The van der Waals surface area contributed by atoms with E-state index in [-0.39, 0.29) is 41.6 Å². The topological polar surface area (TPSA) is 96.6 Å². The molecule has 0 radical (unpaired) electrons. The lowest BCUT2D eigenvalue weighted by atomic mass is 9.88. The number of aromatic nitrogens is 3. The van der Waals surface area contributed by atoms with Crippen molar-refractivity contribution < 1.29 is 4.79 Å². The van der Waals surface area contributed by atoms with E-state index in [9.17, 15) is 9.59 Å². The minimum absolute atomic E-state index is 0. The smallest absolute Gasteiger partial charge is 0.345 e. The summed E-state index contributed by atoms with van der Waals surface area (Å²) < 4.78 is 3.42. The van der Waals surface area contributed by atoms with Gasteiger partial charge in [-0.2, -0.15) is 5.10 Å². The van der Waals surface area contributed by atoms with Crippen LogP contribution in [0.1, 0.15) is 70.5 Å². The quantitative estimate of drug-likeness (QED) is 0.226. The molecule has 2 fully saturated rings. The van der Waals surface area contributed by atoms with Gasteiger partial charge in [0.1, 0.15) is 5.82 Å². The molecule has 0 spiro atoms. The Morgan fingerprint density at radius 3 is 2.70 bits per heavy atom. The predicted octanol–water partition coefficient (Wildman–Crippen LogP) is 2.13. The standard InChI is InChI=1S/C23H39N7O2.HI/c1-2-24-22(25-13-8-15-30-23(32)29-14-7-6-11-20(29)27-30)26-19-12-16-28(17-19)21(31)18-9-4-3-5-10-18;/h18-19H,2-17H2,1H3,(H2,24,25,26);1H. The Hall–Kier alpha value is -1.59. The summed E-state index contributed by atoms with van der Waals surface area (Å²) in [4.78, 5) is 32.0. The third-order valence-electron chi connectivity index (χ3n) is 6.97. The molecule has 0 aromatic carbocycles. The van der Waals surface area contributed by atoms with Gasteiger partial charge in [-0.1, -0.05) is 19.3 Å². The molecule has 4 rings (SSSR count). The SMILES string of the molecule is CCNC(=NCCCn1nc2n(c1=O)CCCC2)NC1CCN(C(=O)C2CCCCC2)C1.I. The van der Waals surface area contributed by atoms with Crippen molar-refractivity contribution in [2.75, 3.05) is 26.2 Å². The first-order chi connectivity index (χ1) is 15.7. The summed E-state index contributed by atoms with van der Waals surface area (Å²) in [5, 5.41) is 11.3. The van der Waals surface area contributed by atoms with Crippen molar-refractivity contribution in [1.82, 2.24) is 29.9 Å². The molecule has 3 heterocycles. The minimum Gasteiger partial charge on any atom is -0.357 e. The van der Waals surface area contributed by atoms with Gasteiger partial charge in [-0.3, -0.25) is 14.4 Å². The molecule has 1 aromatic heterocycles. The third kappa shape index (κ3) is 6.73. The van der Waals surface area contributed by atoms with Gasteiger partial charge in [-0.05, 0) is 45.4 Å². The normalized spacial score (nSPS) is 21.4. The number of hydrogen-bond donors (Lipinski definition) is 2.